The van der Waals surface area contributed by atoms with E-state index in [1.807, 2.05) is 18.2 Å². The molecule has 7 nitrogen and oxygen atoms in total. The molecule has 156 valence electrons. The Bertz CT molecular complexity index is 1020. The van der Waals surface area contributed by atoms with Crippen LogP contribution in [0.1, 0.15) is 30.3 Å². The minimum atomic E-state index is -0.184. The molecule has 0 spiro atoms. The second-order valence-electron chi connectivity index (χ2n) is 7.10. The third-order valence-electron chi connectivity index (χ3n) is 5.18. The zero-order valence-corrected chi connectivity index (χ0v) is 17.3. The maximum atomic E-state index is 13.1. The van der Waals surface area contributed by atoms with Gasteiger partial charge in [0.1, 0.15) is 5.69 Å². The number of hydrogen-bond donors (Lipinski definition) is 0. The summed E-state index contributed by atoms with van der Waals surface area (Å²) in [4.78, 5) is 26.8. The van der Waals surface area contributed by atoms with Gasteiger partial charge in [-0.05, 0) is 56.2 Å². The second kappa shape index (κ2) is 8.75. The normalized spacial score (nSPS) is 14.7. The van der Waals surface area contributed by atoms with Crippen LogP contribution < -0.4 is 0 Å². The maximum Gasteiger partial charge on any atom is 0.309 e. The summed E-state index contributed by atoms with van der Waals surface area (Å²) >= 11 is 6.01. The lowest BCUT2D eigenvalue weighted by atomic mass is 9.97. The number of benzene rings is 1. The largest absolute Gasteiger partial charge is 0.466 e. The molecule has 1 aliphatic heterocycles. The highest BCUT2D eigenvalue weighted by Crippen LogP contribution is 2.27. The Hall–Kier alpha value is -3.06. The van der Waals surface area contributed by atoms with Crippen LogP contribution in [0.15, 0.2) is 53.1 Å². The Labute approximate surface area is 179 Å². The van der Waals surface area contributed by atoms with Gasteiger partial charge in [0.25, 0.3) is 5.91 Å². The zero-order chi connectivity index (χ0) is 21.1. The van der Waals surface area contributed by atoms with E-state index in [-0.39, 0.29) is 17.8 Å². The number of esters is 1. The van der Waals surface area contributed by atoms with Gasteiger partial charge in [0, 0.05) is 24.2 Å². The van der Waals surface area contributed by atoms with Gasteiger partial charge in [0.2, 0.25) is 0 Å². The molecule has 0 saturated carbocycles. The van der Waals surface area contributed by atoms with Gasteiger partial charge in [-0.2, -0.15) is 5.10 Å². The number of halogens is 1. The van der Waals surface area contributed by atoms with Crippen molar-refractivity contribution in [2.24, 2.45) is 5.92 Å². The van der Waals surface area contributed by atoms with Gasteiger partial charge in [0.05, 0.1) is 24.5 Å². The number of rotatable bonds is 5. The molecule has 0 radical (unpaired) electrons. The monoisotopic (exact) mass is 427 g/mol. The predicted octanol–water partition coefficient (Wildman–Crippen LogP) is 4.20. The van der Waals surface area contributed by atoms with Crippen LogP contribution in [-0.4, -0.2) is 46.3 Å². The summed E-state index contributed by atoms with van der Waals surface area (Å²) in [7, 11) is 0. The van der Waals surface area contributed by atoms with Crippen LogP contribution in [0.3, 0.4) is 0 Å². The number of furan rings is 1. The first-order chi connectivity index (χ1) is 14.6. The highest BCUT2D eigenvalue weighted by Gasteiger charge is 2.30. The van der Waals surface area contributed by atoms with Crippen LogP contribution in [0.4, 0.5) is 0 Å². The average molecular weight is 428 g/mol. The van der Waals surface area contributed by atoms with Crippen LogP contribution in [0.25, 0.3) is 17.1 Å². The standard InChI is InChI=1S/C22H22ClN3O4/c1-2-29-22(28)15-9-11-25(12-10-15)21(27)18-14-19(20-4-3-13-30-20)26(24-18)17-7-5-16(23)6-8-17/h3-8,13-15H,2,9-12H2,1H3. The first kappa shape index (κ1) is 20.2. The molecule has 1 amide bonds. The smallest absolute Gasteiger partial charge is 0.309 e. The van der Waals surface area contributed by atoms with Crippen molar-refractivity contribution in [1.29, 1.82) is 0 Å². The van der Waals surface area contributed by atoms with Crippen molar-refractivity contribution in [1.82, 2.24) is 14.7 Å². The fraction of sp³-hybridized carbons (Fsp3) is 0.318. The van der Waals surface area contributed by atoms with Crippen molar-refractivity contribution in [2.75, 3.05) is 19.7 Å². The number of piperidine rings is 1. The Kier molecular flexibility index (Phi) is 5.90. The van der Waals surface area contributed by atoms with Crippen LogP contribution in [0, 0.1) is 5.92 Å². The van der Waals surface area contributed by atoms with Gasteiger partial charge < -0.3 is 14.1 Å². The third-order valence-corrected chi connectivity index (χ3v) is 5.43. The molecule has 3 aromatic rings. The van der Waals surface area contributed by atoms with Gasteiger partial charge in [-0.25, -0.2) is 4.68 Å². The molecule has 1 fully saturated rings. The number of aromatic nitrogens is 2. The summed E-state index contributed by atoms with van der Waals surface area (Å²) in [6, 6.07) is 12.5. The first-order valence-electron chi connectivity index (χ1n) is 9.92. The van der Waals surface area contributed by atoms with Crippen molar-refractivity contribution < 1.29 is 18.7 Å². The van der Waals surface area contributed by atoms with E-state index >= 15 is 0 Å². The van der Waals surface area contributed by atoms with Gasteiger partial charge in [-0.1, -0.05) is 11.6 Å². The molecule has 0 aliphatic carbocycles. The Morgan fingerprint density at radius 2 is 1.93 bits per heavy atom. The van der Waals surface area contributed by atoms with E-state index in [1.165, 1.54) is 0 Å². The Morgan fingerprint density at radius 3 is 2.57 bits per heavy atom. The van der Waals surface area contributed by atoms with E-state index in [2.05, 4.69) is 5.10 Å². The summed E-state index contributed by atoms with van der Waals surface area (Å²) in [5, 5.41) is 5.17. The number of carbonyl (C=O) groups is 2. The molecule has 8 heteroatoms. The minimum absolute atomic E-state index is 0.153. The fourth-order valence-corrected chi connectivity index (χ4v) is 3.73. The van der Waals surface area contributed by atoms with Crippen molar-refractivity contribution in [2.45, 2.75) is 19.8 Å². The molecular weight excluding hydrogens is 406 g/mol. The summed E-state index contributed by atoms with van der Waals surface area (Å²) < 4.78 is 12.3. The van der Waals surface area contributed by atoms with Gasteiger partial charge in [-0.3, -0.25) is 9.59 Å². The van der Waals surface area contributed by atoms with Gasteiger partial charge in [-0.15, -0.1) is 0 Å². The van der Waals surface area contributed by atoms with E-state index in [4.69, 9.17) is 20.8 Å². The lowest BCUT2D eigenvalue weighted by Gasteiger charge is -2.30. The molecule has 1 aromatic carbocycles. The third kappa shape index (κ3) is 4.11. The van der Waals surface area contributed by atoms with Crippen molar-refractivity contribution in [3.05, 3.63) is 59.4 Å². The Morgan fingerprint density at radius 1 is 1.20 bits per heavy atom. The predicted molar refractivity (Wildman–Crippen MR) is 112 cm³/mol. The summed E-state index contributed by atoms with van der Waals surface area (Å²) in [5.41, 5.74) is 1.77. The highest BCUT2D eigenvalue weighted by atomic mass is 35.5. The number of ether oxygens (including phenoxy) is 1. The van der Waals surface area contributed by atoms with E-state index < -0.39 is 0 Å². The van der Waals surface area contributed by atoms with E-state index in [0.717, 1.165) is 5.69 Å². The molecular formula is C22H22ClN3O4. The summed E-state index contributed by atoms with van der Waals surface area (Å²) in [6.07, 6.45) is 2.76. The van der Waals surface area contributed by atoms with E-state index in [0.29, 0.717) is 54.7 Å². The molecule has 1 saturated heterocycles. The lowest BCUT2D eigenvalue weighted by Crippen LogP contribution is -2.40. The van der Waals surface area contributed by atoms with Gasteiger partial charge >= 0.3 is 5.97 Å². The number of amides is 1. The van der Waals surface area contributed by atoms with Crippen LogP contribution >= 0.6 is 11.6 Å². The second-order valence-corrected chi connectivity index (χ2v) is 7.54. The summed E-state index contributed by atoms with van der Waals surface area (Å²) in [6.45, 7) is 3.15. The molecule has 1 aliphatic rings. The summed E-state index contributed by atoms with van der Waals surface area (Å²) in [5.74, 6) is 0.103. The van der Waals surface area contributed by atoms with Crippen LogP contribution in [0.2, 0.25) is 5.02 Å². The quantitative estimate of drug-likeness (QED) is 0.570. The number of carbonyl (C=O) groups excluding carboxylic acids is 2. The molecule has 0 atom stereocenters. The fourth-order valence-electron chi connectivity index (χ4n) is 3.60. The SMILES string of the molecule is CCOC(=O)C1CCN(C(=O)c2cc(-c3ccco3)n(-c3ccc(Cl)cc3)n2)CC1. The number of hydrogen-bond acceptors (Lipinski definition) is 5. The minimum Gasteiger partial charge on any atom is -0.466 e. The topological polar surface area (TPSA) is 77.6 Å². The number of nitrogens with zero attached hydrogens (tertiary/aromatic N) is 3. The van der Waals surface area contributed by atoms with E-state index in [9.17, 15) is 9.59 Å². The van der Waals surface area contributed by atoms with Crippen LogP contribution in [-0.2, 0) is 9.53 Å². The molecule has 4 rings (SSSR count). The number of likely N-dealkylation sites (tertiary alicyclic amines) is 1. The zero-order valence-electron chi connectivity index (χ0n) is 16.6. The van der Waals surface area contributed by atoms with Crippen molar-refractivity contribution in [3.63, 3.8) is 0 Å². The Balaban J connectivity index is 1.57. The average Bonchev–Trinajstić information content (AvgIpc) is 3.44. The van der Waals surface area contributed by atoms with E-state index in [1.54, 1.807) is 47.0 Å². The molecule has 3 heterocycles. The molecule has 0 bridgehead atoms. The molecule has 30 heavy (non-hydrogen) atoms. The van der Waals surface area contributed by atoms with Crippen molar-refractivity contribution >= 4 is 23.5 Å². The van der Waals surface area contributed by atoms with Gasteiger partial charge in [0.15, 0.2) is 11.5 Å². The first-order valence-corrected chi connectivity index (χ1v) is 10.3. The lowest BCUT2D eigenvalue weighted by molar-refractivity contribution is -0.149. The maximum absolute atomic E-state index is 13.1. The molecule has 2 aromatic heterocycles. The molecule has 0 N–H and O–H groups in total. The van der Waals surface area contributed by atoms with Crippen molar-refractivity contribution in [3.8, 4) is 17.1 Å². The highest BCUT2D eigenvalue weighted by molar-refractivity contribution is 6.30. The van der Waals surface area contributed by atoms with Crippen LogP contribution in [0.5, 0.6) is 0 Å². The molecule has 0 unspecified atom stereocenters.